The van der Waals surface area contributed by atoms with E-state index in [1.54, 1.807) is 12.1 Å². The number of hydrogen-bond donors (Lipinski definition) is 1. The lowest BCUT2D eigenvalue weighted by Gasteiger charge is -2.33. The summed E-state index contributed by atoms with van der Waals surface area (Å²) in [6.07, 6.45) is 3.93. The third-order valence-corrected chi connectivity index (χ3v) is 6.19. The number of benzene rings is 2. The average molecular weight is 471 g/mol. The van der Waals surface area contributed by atoms with E-state index in [2.05, 4.69) is 39.5 Å². The number of nitrogens with one attached hydrogen (secondary N) is 1. The summed E-state index contributed by atoms with van der Waals surface area (Å²) in [7, 11) is 0. The van der Waals surface area contributed by atoms with Gasteiger partial charge in [-0.05, 0) is 48.4 Å². The molecule has 1 amide bonds. The van der Waals surface area contributed by atoms with Crippen LogP contribution in [0.15, 0.2) is 79.1 Å². The van der Waals surface area contributed by atoms with Crippen molar-refractivity contribution in [3.8, 4) is 5.75 Å². The van der Waals surface area contributed by atoms with Crippen LogP contribution in [0.2, 0.25) is 0 Å². The molecule has 2 aromatic heterocycles. The molecule has 1 atom stereocenters. The number of ether oxygens (including phenoxy) is 2. The SMILES string of the molecule is Cc1cccn2cc(COc3ccc(C(=O)NCC4CN(Cc5ccccc5)CCO4)cc3)nc12. The number of pyridine rings is 1. The molecule has 35 heavy (non-hydrogen) atoms. The van der Waals surface area contributed by atoms with Gasteiger partial charge in [-0.25, -0.2) is 4.98 Å². The third kappa shape index (κ3) is 5.88. The summed E-state index contributed by atoms with van der Waals surface area (Å²) in [6, 6.07) is 21.6. The maximum atomic E-state index is 12.6. The molecule has 180 valence electrons. The molecule has 1 aliphatic rings. The van der Waals surface area contributed by atoms with Crippen molar-refractivity contribution < 1.29 is 14.3 Å². The van der Waals surface area contributed by atoms with Gasteiger partial charge in [-0.15, -0.1) is 0 Å². The van der Waals surface area contributed by atoms with Gasteiger partial charge in [0.15, 0.2) is 0 Å². The Morgan fingerprint density at radius 3 is 2.74 bits per heavy atom. The van der Waals surface area contributed by atoms with Crippen LogP contribution in [-0.2, 0) is 17.9 Å². The Bertz CT molecular complexity index is 1270. The second-order valence-electron chi connectivity index (χ2n) is 8.89. The maximum absolute atomic E-state index is 12.6. The third-order valence-electron chi connectivity index (χ3n) is 6.19. The number of rotatable bonds is 8. The second kappa shape index (κ2) is 10.7. The second-order valence-corrected chi connectivity index (χ2v) is 8.89. The number of amides is 1. The number of aromatic nitrogens is 2. The normalized spacial score (nSPS) is 16.3. The molecule has 4 aromatic rings. The molecule has 5 rings (SSSR count). The Morgan fingerprint density at radius 1 is 1.11 bits per heavy atom. The van der Waals surface area contributed by atoms with Crippen molar-refractivity contribution in [3.05, 3.63) is 102 Å². The fourth-order valence-corrected chi connectivity index (χ4v) is 4.33. The zero-order chi connectivity index (χ0) is 24.0. The van der Waals surface area contributed by atoms with Gasteiger partial charge in [0, 0.05) is 44.1 Å². The number of aryl methyl sites for hydroxylation is 1. The minimum absolute atomic E-state index is 0.0203. The molecule has 1 saturated heterocycles. The van der Waals surface area contributed by atoms with Crippen LogP contribution in [0.5, 0.6) is 5.75 Å². The highest BCUT2D eigenvalue weighted by atomic mass is 16.5. The van der Waals surface area contributed by atoms with Crippen molar-refractivity contribution in [2.24, 2.45) is 0 Å². The number of imidazole rings is 1. The van der Waals surface area contributed by atoms with Gasteiger partial charge in [-0.3, -0.25) is 9.69 Å². The van der Waals surface area contributed by atoms with Crippen molar-refractivity contribution in [3.63, 3.8) is 0 Å². The van der Waals surface area contributed by atoms with Gasteiger partial charge in [0.2, 0.25) is 0 Å². The summed E-state index contributed by atoms with van der Waals surface area (Å²) >= 11 is 0. The molecule has 0 radical (unpaired) electrons. The fourth-order valence-electron chi connectivity index (χ4n) is 4.33. The van der Waals surface area contributed by atoms with Crippen LogP contribution in [0.3, 0.4) is 0 Å². The highest BCUT2D eigenvalue weighted by molar-refractivity contribution is 5.94. The van der Waals surface area contributed by atoms with Crippen LogP contribution >= 0.6 is 0 Å². The van der Waals surface area contributed by atoms with Crippen LogP contribution in [0.1, 0.15) is 27.2 Å². The summed E-state index contributed by atoms with van der Waals surface area (Å²) in [5.41, 5.74) is 4.79. The molecule has 7 heteroatoms. The van der Waals surface area contributed by atoms with E-state index in [0.717, 1.165) is 36.5 Å². The summed E-state index contributed by atoms with van der Waals surface area (Å²) in [6.45, 7) is 6.15. The number of carbonyl (C=O) groups is 1. The Kier molecular flexibility index (Phi) is 7.07. The highest BCUT2D eigenvalue weighted by Gasteiger charge is 2.21. The minimum atomic E-state index is -0.115. The smallest absolute Gasteiger partial charge is 0.251 e. The van der Waals surface area contributed by atoms with Crippen molar-refractivity contribution in [1.82, 2.24) is 19.6 Å². The first-order valence-corrected chi connectivity index (χ1v) is 12.0. The number of morpholine rings is 1. The Labute approximate surface area is 205 Å². The van der Waals surface area contributed by atoms with Crippen LogP contribution in [0.4, 0.5) is 0 Å². The fraction of sp³-hybridized carbons (Fsp3) is 0.286. The molecule has 0 bridgehead atoms. The summed E-state index contributed by atoms with van der Waals surface area (Å²) in [5, 5.41) is 3.01. The Hall–Kier alpha value is -3.68. The van der Waals surface area contributed by atoms with Crippen molar-refractivity contribution in [1.29, 1.82) is 0 Å². The largest absolute Gasteiger partial charge is 0.487 e. The quantitative estimate of drug-likeness (QED) is 0.424. The molecule has 3 heterocycles. The lowest BCUT2D eigenvalue weighted by atomic mass is 10.1. The molecule has 1 unspecified atom stereocenters. The zero-order valence-electron chi connectivity index (χ0n) is 19.9. The number of fused-ring (bicyclic) bond motifs is 1. The average Bonchev–Trinajstić information content (AvgIpc) is 3.32. The molecule has 0 aliphatic carbocycles. The van der Waals surface area contributed by atoms with Crippen molar-refractivity contribution >= 4 is 11.6 Å². The van der Waals surface area contributed by atoms with Crippen LogP contribution < -0.4 is 10.1 Å². The molecule has 2 aromatic carbocycles. The molecule has 0 saturated carbocycles. The molecule has 1 fully saturated rings. The summed E-state index contributed by atoms with van der Waals surface area (Å²) < 4.78 is 13.7. The topological polar surface area (TPSA) is 68.1 Å². The van der Waals surface area contributed by atoms with Crippen molar-refractivity contribution in [2.75, 3.05) is 26.2 Å². The summed E-state index contributed by atoms with van der Waals surface area (Å²) in [5.74, 6) is 0.582. The zero-order valence-corrected chi connectivity index (χ0v) is 19.9. The predicted molar refractivity (Wildman–Crippen MR) is 134 cm³/mol. The highest BCUT2D eigenvalue weighted by Crippen LogP contribution is 2.16. The van der Waals surface area contributed by atoms with E-state index in [4.69, 9.17) is 9.47 Å². The van der Waals surface area contributed by atoms with E-state index in [9.17, 15) is 4.79 Å². The molecular weight excluding hydrogens is 440 g/mol. The maximum Gasteiger partial charge on any atom is 0.251 e. The first-order chi connectivity index (χ1) is 17.1. The van der Waals surface area contributed by atoms with Gasteiger partial charge in [0.05, 0.1) is 18.4 Å². The van der Waals surface area contributed by atoms with Gasteiger partial charge in [-0.2, -0.15) is 0 Å². The Balaban J connectivity index is 1.09. The van der Waals surface area contributed by atoms with Gasteiger partial charge in [0.25, 0.3) is 5.91 Å². The molecule has 1 N–H and O–H groups in total. The van der Waals surface area contributed by atoms with E-state index in [-0.39, 0.29) is 12.0 Å². The van der Waals surface area contributed by atoms with E-state index in [0.29, 0.717) is 31.1 Å². The molecular formula is C28H30N4O3. The first-order valence-electron chi connectivity index (χ1n) is 12.0. The predicted octanol–water partition coefficient (Wildman–Crippen LogP) is 3.85. The molecule has 0 spiro atoms. The van der Waals surface area contributed by atoms with Gasteiger partial charge in [-0.1, -0.05) is 36.4 Å². The minimum Gasteiger partial charge on any atom is -0.487 e. The standard InChI is InChI=1S/C28H30N4O3/c1-21-6-5-13-32-18-24(30-27(21)32)20-35-25-11-9-23(10-12-25)28(33)29-16-26-19-31(14-15-34-26)17-22-7-3-2-4-8-22/h2-13,18,26H,14-17,19-20H2,1H3,(H,29,33). The first kappa shape index (κ1) is 23.1. The summed E-state index contributed by atoms with van der Waals surface area (Å²) in [4.78, 5) is 19.6. The van der Waals surface area contributed by atoms with Gasteiger partial charge >= 0.3 is 0 Å². The number of carbonyl (C=O) groups excluding carboxylic acids is 1. The lowest BCUT2D eigenvalue weighted by Crippen LogP contribution is -2.47. The Morgan fingerprint density at radius 2 is 1.94 bits per heavy atom. The van der Waals surface area contributed by atoms with Gasteiger partial charge in [0.1, 0.15) is 18.0 Å². The van der Waals surface area contributed by atoms with Crippen LogP contribution in [-0.4, -0.2) is 52.5 Å². The van der Waals surface area contributed by atoms with Crippen molar-refractivity contribution in [2.45, 2.75) is 26.2 Å². The number of hydrogen-bond acceptors (Lipinski definition) is 5. The van der Waals surface area contributed by atoms with E-state index in [1.165, 1.54) is 5.56 Å². The number of nitrogens with zero attached hydrogens (tertiary/aromatic N) is 3. The lowest BCUT2D eigenvalue weighted by molar-refractivity contribution is -0.0292. The molecule has 7 nitrogen and oxygen atoms in total. The van der Waals surface area contributed by atoms with E-state index in [1.807, 2.05) is 54.0 Å². The van der Waals surface area contributed by atoms with Gasteiger partial charge < -0.3 is 19.2 Å². The van der Waals surface area contributed by atoms with Crippen LogP contribution in [0, 0.1) is 6.92 Å². The van der Waals surface area contributed by atoms with E-state index < -0.39 is 0 Å². The van der Waals surface area contributed by atoms with E-state index >= 15 is 0 Å². The van der Waals surface area contributed by atoms with Crippen LogP contribution in [0.25, 0.3) is 5.65 Å². The monoisotopic (exact) mass is 470 g/mol. The molecule has 1 aliphatic heterocycles.